The first-order valence-electron chi connectivity index (χ1n) is 7.72. The number of halogens is 2. The van der Waals surface area contributed by atoms with Gasteiger partial charge in [0.15, 0.2) is 11.5 Å². The van der Waals surface area contributed by atoms with Gasteiger partial charge in [-0.25, -0.2) is 4.79 Å². The molecule has 0 spiro atoms. The molecule has 0 saturated carbocycles. The van der Waals surface area contributed by atoms with Gasteiger partial charge in [-0.05, 0) is 42.3 Å². The Labute approximate surface area is 156 Å². The van der Waals surface area contributed by atoms with E-state index in [2.05, 4.69) is 5.32 Å². The van der Waals surface area contributed by atoms with Gasteiger partial charge in [-0.3, -0.25) is 0 Å². The van der Waals surface area contributed by atoms with Gasteiger partial charge in [-0.1, -0.05) is 30.1 Å². The van der Waals surface area contributed by atoms with Gasteiger partial charge in [0.2, 0.25) is 0 Å². The summed E-state index contributed by atoms with van der Waals surface area (Å²) >= 11 is 12.2. The molecule has 0 aliphatic heterocycles. The number of methoxy groups -OCH3 is 1. The van der Waals surface area contributed by atoms with Crippen molar-refractivity contribution < 1.29 is 19.4 Å². The molecule has 7 heteroatoms. The molecule has 0 aliphatic carbocycles. The molecule has 0 amide bonds. The lowest BCUT2D eigenvalue weighted by Gasteiger charge is -2.14. The number of ether oxygens (including phenoxy) is 2. The van der Waals surface area contributed by atoms with Gasteiger partial charge in [-0.15, -0.1) is 0 Å². The summed E-state index contributed by atoms with van der Waals surface area (Å²) in [6, 6.07) is 8.37. The van der Waals surface area contributed by atoms with Crippen LogP contribution in [0.5, 0.6) is 11.5 Å². The highest BCUT2D eigenvalue weighted by Crippen LogP contribution is 2.36. The van der Waals surface area contributed by atoms with Gasteiger partial charge in [0.25, 0.3) is 0 Å². The first-order valence-corrected chi connectivity index (χ1v) is 8.47. The van der Waals surface area contributed by atoms with Crippen molar-refractivity contribution in [3.63, 3.8) is 0 Å². The second-order valence-corrected chi connectivity index (χ2v) is 6.13. The zero-order valence-corrected chi connectivity index (χ0v) is 15.4. The fraction of sp³-hybridized carbons (Fsp3) is 0.278. The predicted molar refractivity (Wildman–Crippen MR) is 99.5 cm³/mol. The molecule has 0 aliphatic rings. The minimum Gasteiger partial charge on any atom is -0.493 e. The van der Waals surface area contributed by atoms with E-state index in [1.807, 2.05) is 13.0 Å². The Hall–Kier alpha value is -2.11. The molecule has 2 aromatic rings. The van der Waals surface area contributed by atoms with Crippen LogP contribution < -0.4 is 14.8 Å². The first kappa shape index (κ1) is 19.2. The van der Waals surface area contributed by atoms with Crippen molar-refractivity contribution in [1.82, 2.24) is 0 Å². The van der Waals surface area contributed by atoms with Crippen LogP contribution in [0.25, 0.3) is 0 Å². The zero-order chi connectivity index (χ0) is 18.4. The molecule has 0 bridgehead atoms. The third-order valence-electron chi connectivity index (χ3n) is 3.43. The Morgan fingerprint density at radius 3 is 2.60 bits per heavy atom. The number of nitrogens with one attached hydrogen (secondary N) is 1. The van der Waals surface area contributed by atoms with E-state index in [0.29, 0.717) is 35.4 Å². The Kier molecular flexibility index (Phi) is 6.79. The molecule has 134 valence electrons. The zero-order valence-electron chi connectivity index (χ0n) is 13.9. The molecule has 0 unspecified atom stereocenters. The van der Waals surface area contributed by atoms with Crippen LogP contribution in [0, 0.1) is 0 Å². The quantitative estimate of drug-likeness (QED) is 0.663. The number of anilines is 1. The normalized spacial score (nSPS) is 10.4. The summed E-state index contributed by atoms with van der Waals surface area (Å²) in [5, 5.41) is 12.9. The molecule has 0 saturated heterocycles. The van der Waals surface area contributed by atoms with E-state index < -0.39 is 5.97 Å². The average Bonchev–Trinajstić information content (AvgIpc) is 2.59. The monoisotopic (exact) mass is 383 g/mol. The highest BCUT2D eigenvalue weighted by molar-refractivity contribution is 6.33. The third kappa shape index (κ3) is 4.94. The number of carboxylic acids is 1. The molecular formula is C18H19Cl2NO4. The second-order valence-electron chi connectivity index (χ2n) is 5.31. The van der Waals surface area contributed by atoms with Crippen molar-refractivity contribution in [2.24, 2.45) is 0 Å². The molecule has 0 atom stereocenters. The standard InChI is InChI=1S/C18H19Cl2NO4/c1-3-6-25-17-15(20)7-11(8-16(17)24-2)10-21-12-4-5-14(19)13(9-12)18(22)23/h4-5,7-9,21H,3,6,10H2,1-2H3,(H,22,23). The molecule has 2 N–H and O–H groups in total. The molecule has 0 heterocycles. The number of carbonyl (C=O) groups is 1. The van der Waals surface area contributed by atoms with Gasteiger partial charge < -0.3 is 19.9 Å². The van der Waals surface area contributed by atoms with Crippen LogP contribution in [0.1, 0.15) is 29.3 Å². The number of rotatable bonds is 8. The lowest BCUT2D eigenvalue weighted by Crippen LogP contribution is -2.04. The molecule has 0 radical (unpaired) electrons. The lowest BCUT2D eigenvalue weighted by atomic mass is 10.1. The van der Waals surface area contributed by atoms with Crippen molar-refractivity contribution in [2.75, 3.05) is 19.0 Å². The first-order chi connectivity index (χ1) is 12.0. The second kappa shape index (κ2) is 8.83. The molecular weight excluding hydrogens is 365 g/mol. The van der Waals surface area contributed by atoms with Crippen molar-refractivity contribution >= 4 is 34.9 Å². The largest absolute Gasteiger partial charge is 0.493 e. The summed E-state index contributed by atoms with van der Waals surface area (Å²) in [6.07, 6.45) is 0.866. The lowest BCUT2D eigenvalue weighted by molar-refractivity contribution is 0.0697. The van der Waals surface area contributed by atoms with Crippen molar-refractivity contribution in [1.29, 1.82) is 0 Å². The molecule has 2 rings (SSSR count). The molecule has 0 fully saturated rings. The fourth-order valence-corrected chi connectivity index (χ4v) is 2.71. The average molecular weight is 384 g/mol. The SMILES string of the molecule is CCCOc1c(Cl)cc(CNc2ccc(Cl)c(C(=O)O)c2)cc1OC. The van der Waals surface area contributed by atoms with E-state index in [9.17, 15) is 4.79 Å². The van der Waals surface area contributed by atoms with E-state index >= 15 is 0 Å². The van der Waals surface area contributed by atoms with Crippen LogP contribution in [0.15, 0.2) is 30.3 Å². The fourth-order valence-electron chi connectivity index (χ4n) is 2.22. The van der Waals surface area contributed by atoms with E-state index in [1.165, 1.54) is 6.07 Å². The summed E-state index contributed by atoms with van der Waals surface area (Å²) in [5.41, 5.74) is 1.56. The topological polar surface area (TPSA) is 67.8 Å². The van der Waals surface area contributed by atoms with Crippen molar-refractivity contribution in [3.05, 3.63) is 51.5 Å². The Morgan fingerprint density at radius 2 is 1.96 bits per heavy atom. The molecule has 0 aromatic heterocycles. The summed E-state index contributed by atoms with van der Waals surface area (Å²) in [4.78, 5) is 11.1. The molecule has 5 nitrogen and oxygen atoms in total. The summed E-state index contributed by atoms with van der Waals surface area (Å²) in [6.45, 7) is 3.00. The summed E-state index contributed by atoms with van der Waals surface area (Å²) < 4.78 is 11.0. The maximum Gasteiger partial charge on any atom is 0.337 e. The van der Waals surface area contributed by atoms with Gasteiger partial charge in [-0.2, -0.15) is 0 Å². The smallest absolute Gasteiger partial charge is 0.337 e. The van der Waals surface area contributed by atoms with E-state index in [0.717, 1.165) is 12.0 Å². The minimum absolute atomic E-state index is 0.0468. The van der Waals surface area contributed by atoms with Crippen LogP contribution in [0.3, 0.4) is 0 Å². The molecule has 25 heavy (non-hydrogen) atoms. The number of hydrogen-bond donors (Lipinski definition) is 2. The van der Waals surface area contributed by atoms with Crippen LogP contribution in [-0.2, 0) is 6.54 Å². The maximum atomic E-state index is 11.1. The van der Waals surface area contributed by atoms with Crippen molar-refractivity contribution in [2.45, 2.75) is 19.9 Å². The predicted octanol–water partition coefficient (Wildman–Crippen LogP) is 5.10. The molecule has 2 aromatic carbocycles. The summed E-state index contributed by atoms with van der Waals surface area (Å²) in [7, 11) is 1.56. The van der Waals surface area contributed by atoms with Gasteiger partial charge in [0.1, 0.15) is 0 Å². The number of hydrogen-bond acceptors (Lipinski definition) is 4. The van der Waals surface area contributed by atoms with Crippen molar-refractivity contribution in [3.8, 4) is 11.5 Å². The van der Waals surface area contributed by atoms with Gasteiger partial charge in [0, 0.05) is 12.2 Å². The highest BCUT2D eigenvalue weighted by atomic mass is 35.5. The number of benzene rings is 2. The number of aromatic carboxylic acids is 1. The van der Waals surface area contributed by atoms with E-state index in [4.69, 9.17) is 37.8 Å². The van der Waals surface area contributed by atoms with Crippen LogP contribution in [-0.4, -0.2) is 24.8 Å². The highest BCUT2D eigenvalue weighted by Gasteiger charge is 2.13. The Bertz CT molecular complexity index is 765. The minimum atomic E-state index is -1.07. The van der Waals surface area contributed by atoms with E-state index in [-0.39, 0.29) is 10.6 Å². The Morgan fingerprint density at radius 1 is 1.20 bits per heavy atom. The van der Waals surface area contributed by atoms with Crippen LogP contribution in [0.2, 0.25) is 10.0 Å². The van der Waals surface area contributed by atoms with Gasteiger partial charge >= 0.3 is 5.97 Å². The third-order valence-corrected chi connectivity index (χ3v) is 4.04. The van der Waals surface area contributed by atoms with Crippen LogP contribution >= 0.6 is 23.2 Å². The Balaban J connectivity index is 2.17. The van der Waals surface area contributed by atoms with E-state index in [1.54, 1.807) is 25.3 Å². The summed E-state index contributed by atoms with van der Waals surface area (Å²) in [5.74, 6) is 0.00490. The number of carboxylic acid groups (broad SMARTS) is 1. The van der Waals surface area contributed by atoms with Crippen LogP contribution in [0.4, 0.5) is 5.69 Å². The maximum absolute atomic E-state index is 11.1. The van der Waals surface area contributed by atoms with Gasteiger partial charge in [0.05, 0.1) is 29.3 Å².